The molecule has 1 N–H and O–H groups in total. The third-order valence-electron chi connectivity index (χ3n) is 4.65. The van der Waals surface area contributed by atoms with Gasteiger partial charge in [-0.25, -0.2) is 0 Å². The topological polar surface area (TPSA) is 20.2 Å². The quantitative estimate of drug-likeness (QED) is 0.558. The zero-order valence-electron chi connectivity index (χ0n) is 13.7. The Hall–Kier alpha value is -0.640. The van der Waals surface area contributed by atoms with E-state index in [-0.39, 0.29) is 12.0 Å². The van der Waals surface area contributed by atoms with Crippen LogP contribution in [0.25, 0.3) is 0 Å². The largest absolute Gasteiger partial charge is 0.396 e. The van der Waals surface area contributed by atoms with Crippen LogP contribution in [0.3, 0.4) is 0 Å². The second-order valence-corrected chi connectivity index (χ2v) is 8.65. The molecule has 1 nitrogen and oxygen atoms in total. The van der Waals surface area contributed by atoms with Crippen molar-refractivity contribution in [2.75, 3.05) is 6.61 Å². The van der Waals surface area contributed by atoms with Gasteiger partial charge in [0.1, 0.15) is 0 Å². The van der Waals surface area contributed by atoms with Gasteiger partial charge in [-0.05, 0) is 66.0 Å². The molecule has 0 radical (unpaired) electrons. The lowest BCUT2D eigenvalue weighted by molar-refractivity contribution is 0.143. The minimum atomic E-state index is 0.0922. The van der Waals surface area contributed by atoms with Gasteiger partial charge < -0.3 is 5.11 Å². The zero-order valence-corrected chi connectivity index (χ0v) is 16.9. The standard InChI is InChI=1S/C20H24Br2O/c1-20(2,11-12-23)17(13-15-3-7-18(21)8-4-15)14-16-5-9-19(22)10-6-16/h3-10,17,23H,11-14H2,1-2H3. The summed E-state index contributed by atoms with van der Waals surface area (Å²) in [4.78, 5) is 0. The molecule has 0 heterocycles. The Balaban J connectivity index is 2.20. The summed E-state index contributed by atoms with van der Waals surface area (Å²) < 4.78 is 2.22. The Morgan fingerprint density at radius 2 is 1.22 bits per heavy atom. The van der Waals surface area contributed by atoms with Crippen LogP contribution < -0.4 is 0 Å². The molecule has 0 aromatic heterocycles. The van der Waals surface area contributed by atoms with Crippen molar-refractivity contribution in [1.29, 1.82) is 0 Å². The van der Waals surface area contributed by atoms with Crippen molar-refractivity contribution in [2.45, 2.75) is 33.1 Å². The predicted molar refractivity (Wildman–Crippen MR) is 105 cm³/mol. The van der Waals surface area contributed by atoms with Crippen molar-refractivity contribution in [3.63, 3.8) is 0 Å². The molecular formula is C20H24Br2O. The zero-order chi connectivity index (χ0) is 16.9. The Bertz CT molecular complexity index is 555. The number of benzene rings is 2. The van der Waals surface area contributed by atoms with Crippen molar-refractivity contribution in [3.05, 3.63) is 68.6 Å². The average molecular weight is 440 g/mol. The number of aliphatic hydroxyl groups excluding tert-OH is 1. The molecule has 0 saturated carbocycles. The molecule has 23 heavy (non-hydrogen) atoms. The molecule has 3 heteroatoms. The number of hydrogen-bond donors (Lipinski definition) is 1. The van der Waals surface area contributed by atoms with E-state index in [0.717, 1.165) is 28.2 Å². The molecule has 0 aliphatic heterocycles. The van der Waals surface area contributed by atoms with Crippen LogP contribution in [-0.4, -0.2) is 11.7 Å². The predicted octanol–water partition coefficient (Wildman–Crippen LogP) is 6.02. The molecule has 2 rings (SSSR count). The van der Waals surface area contributed by atoms with Gasteiger partial charge in [-0.2, -0.15) is 0 Å². The number of halogens is 2. The first-order valence-electron chi connectivity index (χ1n) is 8.00. The van der Waals surface area contributed by atoms with E-state index in [2.05, 4.69) is 94.2 Å². The van der Waals surface area contributed by atoms with Gasteiger partial charge in [-0.3, -0.25) is 0 Å². The van der Waals surface area contributed by atoms with Gasteiger partial charge in [0.05, 0.1) is 0 Å². The summed E-state index contributed by atoms with van der Waals surface area (Å²) in [5, 5.41) is 9.44. The Morgan fingerprint density at radius 3 is 1.57 bits per heavy atom. The van der Waals surface area contributed by atoms with Gasteiger partial charge in [0, 0.05) is 15.6 Å². The van der Waals surface area contributed by atoms with Gasteiger partial charge >= 0.3 is 0 Å². The van der Waals surface area contributed by atoms with Crippen LogP contribution in [0.5, 0.6) is 0 Å². The summed E-state index contributed by atoms with van der Waals surface area (Å²) >= 11 is 7.00. The van der Waals surface area contributed by atoms with Crippen molar-refractivity contribution in [2.24, 2.45) is 11.3 Å². The SMILES string of the molecule is CC(C)(CCO)C(Cc1ccc(Br)cc1)Cc1ccc(Br)cc1. The summed E-state index contributed by atoms with van der Waals surface area (Å²) in [5.41, 5.74) is 2.79. The van der Waals surface area contributed by atoms with E-state index >= 15 is 0 Å². The molecule has 0 aliphatic carbocycles. The molecule has 0 spiro atoms. The van der Waals surface area contributed by atoms with E-state index in [0.29, 0.717) is 5.92 Å². The van der Waals surface area contributed by atoms with E-state index < -0.39 is 0 Å². The second kappa shape index (κ2) is 8.46. The lowest BCUT2D eigenvalue weighted by Gasteiger charge is -2.34. The maximum Gasteiger partial charge on any atom is 0.0436 e. The summed E-state index contributed by atoms with van der Waals surface area (Å²) in [6.45, 7) is 4.78. The van der Waals surface area contributed by atoms with Crippen molar-refractivity contribution in [1.82, 2.24) is 0 Å². The Morgan fingerprint density at radius 1 is 0.826 bits per heavy atom. The van der Waals surface area contributed by atoms with Gasteiger partial charge in [0.15, 0.2) is 0 Å². The normalized spacial score (nSPS) is 11.9. The van der Waals surface area contributed by atoms with Crippen LogP contribution >= 0.6 is 31.9 Å². The summed E-state index contributed by atoms with van der Waals surface area (Å²) in [6, 6.07) is 17.2. The van der Waals surface area contributed by atoms with Crippen LogP contribution in [0.15, 0.2) is 57.5 Å². The first-order valence-corrected chi connectivity index (χ1v) is 9.59. The molecule has 0 fully saturated rings. The number of rotatable bonds is 7. The van der Waals surface area contributed by atoms with Crippen LogP contribution in [0.1, 0.15) is 31.4 Å². The number of aliphatic hydroxyl groups is 1. The van der Waals surface area contributed by atoms with Crippen LogP contribution in [0, 0.1) is 11.3 Å². The molecule has 0 unspecified atom stereocenters. The third-order valence-corrected chi connectivity index (χ3v) is 5.71. The van der Waals surface area contributed by atoms with Crippen molar-refractivity contribution >= 4 is 31.9 Å². The van der Waals surface area contributed by atoms with Crippen LogP contribution in [-0.2, 0) is 12.8 Å². The molecule has 0 amide bonds. The molecular weight excluding hydrogens is 416 g/mol. The van der Waals surface area contributed by atoms with E-state index in [1.54, 1.807) is 0 Å². The van der Waals surface area contributed by atoms with E-state index in [9.17, 15) is 5.11 Å². The fourth-order valence-corrected chi connectivity index (χ4v) is 3.46. The van der Waals surface area contributed by atoms with Crippen LogP contribution in [0.2, 0.25) is 0 Å². The van der Waals surface area contributed by atoms with Gasteiger partial charge in [0.2, 0.25) is 0 Å². The first-order chi connectivity index (χ1) is 10.9. The lowest BCUT2D eigenvalue weighted by Crippen LogP contribution is -2.29. The van der Waals surface area contributed by atoms with E-state index in [1.165, 1.54) is 11.1 Å². The summed E-state index contributed by atoms with van der Waals surface area (Å²) in [5.74, 6) is 0.483. The van der Waals surface area contributed by atoms with E-state index in [4.69, 9.17) is 0 Å². The highest BCUT2D eigenvalue weighted by atomic mass is 79.9. The minimum absolute atomic E-state index is 0.0922. The Kier molecular flexibility index (Phi) is 6.87. The maximum absolute atomic E-state index is 9.44. The molecule has 0 bridgehead atoms. The smallest absolute Gasteiger partial charge is 0.0436 e. The highest BCUT2D eigenvalue weighted by Gasteiger charge is 2.29. The fraction of sp³-hybridized carbons (Fsp3) is 0.400. The van der Waals surface area contributed by atoms with Gasteiger partial charge in [0.25, 0.3) is 0 Å². The van der Waals surface area contributed by atoms with Crippen molar-refractivity contribution in [3.8, 4) is 0 Å². The first kappa shape index (κ1) is 18.7. The number of hydrogen-bond acceptors (Lipinski definition) is 1. The fourth-order valence-electron chi connectivity index (χ4n) is 2.93. The lowest BCUT2D eigenvalue weighted by atomic mass is 9.71. The molecule has 124 valence electrons. The summed E-state index contributed by atoms with van der Waals surface area (Å²) in [6.07, 6.45) is 2.87. The van der Waals surface area contributed by atoms with Gasteiger partial charge in [-0.1, -0.05) is 70.0 Å². The van der Waals surface area contributed by atoms with E-state index in [1.807, 2.05) is 0 Å². The molecule has 0 saturated heterocycles. The minimum Gasteiger partial charge on any atom is -0.396 e. The highest BCUT2D eigenvalue weighted by Crippen LogP contribution is 2.36. The Labute approximate surface area is 156 Å². The molecule has 2 aromatic carbocycles. The molecule has 0 aliphatic rings. The monoisotopic (exact) mass is 438 g/mol. The van der Waals surface area contributed by atoms with Gasteiger partial charge in [-0.15, -0.1) is 0 Å². The van der Waals surface area contributed by atoms with Crippen molar-refractivity contribution < 1.29 is 5.11 Å². The third kappa shape index (κ3) is 5.74. The maximum atomic E-state index is 9.44. The van der Waals surface area contributed by atoms with Crippen LogP contribution in [0.4, 0.5) is 0 Å². The second-order valence-electron chi connectivity index (χ2n) is 6.82. The molecule has 2 aromatic rings. The summed E-state index contributed by atoms with van der Waals surface area (Å²) in [7, 11) is 0. The average Bonchev–Trinajstić information content (AvgIpc) is 2.51. The highest BCUT2D eigenvalue weighted by molar-refractivity contribution is 9.10. The molecule has 0 atom stereocenters.